The van der Waals surface area contributed by atoms with Gasteiger partial charge in [-0.3, -0.25) is 19.7 Å². The molecule has 0 fully saturated rings. The van der Waals surface area contributed by atoms with Crippen LogP contribution in [0.2, 0.25) is 0 Å². The average Bonchev–Trinajstić information content (AvgIpc) is 2.74. The number of carbonyl (C=O) groups excluding carboxylic acids is 2. The predicted octanol–water partition coefficient (Wildman–Crippen LogP) is 5.26. The quantitative estimate of drug-likeness (QED) is 0.317. The highest BCUT2D eigenvalue weighted by Crippen LogP contribution is 2.37. The highest BCUT2D eigenvalue weighted by Gasteiger charge is 2.34. The van der Waals surface area contributed by atoms with E-state index in [0.717, 1.165) is 30.3 Å². The number of nitro benzene ring substituents is 1. The summed E-state index contributed by atoms with van der Waals surface area (Å²) in [6.45, 7) is 0. The number of hydrogen-bond donors (Lipinski definition) is 2. The third kappa shape index (κ3) is 5.06. The minimum absolute atomic E-state index is 0.218. The van der Waals surface area contributed by atoms with E-state index in [1.807, 2.05) is 0 Å². The van der Waals surface area contributed by atoms with Gasteiger partial charge in [-0.2, -0.15) is 13.2 Å². The van der Waals surface area contributed by atoms with Crippen LogP contribution >= 0.6 is 0 Å². The zero-order valence-electron chi connectivity index (χ0n) is 15.9. The molecule has 0 spiro atoms. The molecule has 11 heteroatoms. The van der Waals surface area contributed by atoms with Crippen LogP contribution in [-0.2, 0) is 6.18 Å². The molecule has 0 unspecified atom stereocenters. The van der Waals surface area contributed by atoms with Gasteiger partial charge in [0.25, 0.3) is 17.5 Å². The monoisotopic (exact) mass is 447 g/mol. The first-order valence-electron chi connectivity index (χ1n) is 8.89. The van der Waals surface area contributed by atoms with Gasteiger partial charge in [0.05, 0.1) is 21.7 Å². The Kier molecular flexibility index (Phi) is 6.19. The van der Waals surface area contributed by atoms with Crippen molar-refractivity contribution in [2.75, 3.05) is 10.6 Å². The van der Waals surface area contributed by atoms with E-state index in [4.69, 9.17) is 0 Å². The summed E-state index contributed by atoms with van der Waals surface area (Å²) in [6, 6.07) is 12.0. The van der Waals surface area contributed by atoms with E-state index in [0.29, 0.717) is 6.07 Å². The van der Waals surface area contributed by atoms with Crippen molar-refractivity contribution in [3.63, 3.8) is 0 Å². The Hall–Kier alpha value is -4.28. The number of nitro groups is 1. The van der Waals surface area contributed by atoms with Crippen LogP contribution in [0.4, 0.5) is 34.6 Å². The number of nitrogens with zero attached hydrogens (tertiary/aromatic N) is 1. The van der Waals surface area contributed by atoms with Crippen LogP contribution in [0.5, 0.6) is 0 Å². The maximum Gasteiger partial charge on any atom is 0.418 e. The molecular formula is C21H13F4N3O4. The van der Waals surface area contributed by atoms with Gasteiger partial charge < -0.3 is 10.6 Å². The number of halogens is 4. The summed E-state index contributed by atoms with van der Waals surface area (Å²) in [6.07, 6.45) is -4.91. The lowest BCUT2D eigenvalue weighted by Gasteiger charge is -2.16. The van der Waals surface area contributed by atoms with Gasteiger partial charge in [-0.15, -0.1) is 0 Å². The summed E-state index contributed by atoms with van der Waals surface area (Å²) >= 11 is 0. The molecule has 0 aliphatic heterocycles. The number of non-ortho nitro benzene ring substituents is 1. The maximum atomic E-state index is 13.7. The van der Waals surface area contributed by atoms with Gasteiger partial charge in [0.2, 0.25) is 0 Å². The van der Waals surface area contributed by atoms with Crippen LogP contribution in [0.1, 0.15) is 26.3 Å². The smallest absolute Gasteiger partial charge is 0.322 e. The summed E-state index contributed by atoms with van der Waals surface area (Å²) in [5.74, 6) is -2.80. The summed E-state index contributed by atoms with van der Waals surface area (Å²) in [7, 11) is 0. The van der Waals surface area contributed by atoms with Crippen molar-refractivity contribution in [1.82, 2.24) is 0 Å². The summed E-state index contributed by atoms with van der Waals surface area (Å²) in [5.41, 5.74) is -3.16. The highest BCUT2D eigenvalue weighted by molar-refractivity contribution is 6.06. The van der Waals surface area contributed by atoms with E-state index in [9.17, 15) is 37.3 Å². The van der Waals surface area contributed by atoms with Crippen molar-refractivity contribution in [3.8, 4) is 0 Å². The molecule has 0 atom stereocenters. The predicted molar refractivity (Wildman–Crippen MR) is 107 cm³/mol. The molecule has 7 nitrogen and oxygen atoms in total. The SMILES string of the molecule is O=C(Nc1ccc(NC(=O)c2ccccc2F)cc1C(F)(F)F)c1cccc([N+](=O)[O-])c1. The second-order valence-electron chi connectivity index (χ2n) is 6.45. The minimum atomic E-state index is -4.91. The Morgan fingerprint density at radius 2 is 1.59 bits per heavy atom. The van der Waals surface area contributed by atoms with E-state index < -0.39 is 45.7 Å². The lowest BCUT2D eigenvalue weighted by molar-refractivity contribution is -0.384. The van der Waals surface area contributed by atoms with Crippen LogP contribution in [0.3, 0.4) is 0 Å². The van der Waals surface area contributed by atoms with Gasteiger partial charge in [0.1, 0.15) is 5.82 Å². The number of rotatable bonds is 5. The molecule has 3 aromatic carbocycles. The van der Waals surface area contributed by atoms with E-state index in [2.05, 4.69) is 10.6 Å². The first-order chi connectivity index (χ1) is 15.1. The standard InChI is InChI=1S/C21H13F4N3O4/c22-17-7-2-1-6-15(17)20(30)26-13-8-9-18(16(11-13)21(23,24)25)27-19(29)12-4-3-5-14(10-12)28(31)32/h1-11H,(H,26,30)(H,27,29). The normalized spacial score (nSPS) is 11.0. The molecule has 0 heterocycles. The lowest BCUT2D eigenvalue weighted by atomic mass is 10.1. The van der Waals surface area contributed by atoms with Gasteiger partial charge in [-0.25, -0.2) is 4.39 Å². The van der Waals surface area contributed by atoms with E-state index in [-0.39, 0.29) is 16.8 Å². The Labute approximate surface area is 177 Å². The lowest BCUT2D eigenvalue weighted by Crippen LogP contribution is -2.18. The number of carbonyl (C=O) groups is 2. The molecule has 0 radical (unpaired) electrons. The second kappa shape index (κ2) is 8.84. The Morgan fingerprint density at radius 1 is 0.875 bits per heavy atom. The zero-order valence-corrected chi connectivity index (χ0v) is 15.9. The van der Waals surface area contributed by atoms with Crippen molar-refractivity contribution in [2.45, 2.75) is 6.18 Å². The van der Waals surface area contributed by atoms with Crippen molar-refractivity contribution in [3.05, 3.63) is 99.4 Å². The molecule has 0 aliphatic carbocycles. The van der Waals surface area contributed by atoms with Crippen LogP contribution in [0.25, 0.3) is 0 Å². The number of alkyl halides is 3. The Balaban J connectivity index is 1.88. The Morgan fingerprint density at radius 3 is 2.25 bits per heavy atom. The van der Waals surface area contributed by atoms with Gasteiger partial charge in [-0.1, -0.05) is 18.2 Å². The third-order valence-electron chi connectivity index (χ3n) is 4.27. The number of hydrogen-bond acceptors (Lipinski definition) is 4. The molecule has 2 amide bonds. The van der Waals surface area contributed by atoms with Crippen LogP contribution < -0.4 is 10.6 Å². The first kappa shape index (κ1) is 22.4. The number of anilines is 2. The van der Waals surface area contributed by atoms with Gasteiger partial charge in [-0.05, 0) is 36.4 Å². The molecule has 0 saturated carbocycles. The maximum absolute atomic E-state index is 13.7. The topological polar surface area (TPSA) is 101 Å². The molecule has 0 saturated heterocycles. The highest BCUT2D eigenvalue weighted by atomic mass is 19.4. The molecule has 32 heavy (non-hydrogen) atoms. The second-order valence-corrected chi connectivity index (χ2v) is 6.45. The van der Waals surface area contributed by atoms with Crippen molar-refractivity contribution in [2.24, 2.45) is 0 Å². The number of amides is 2. The molecule has 3 rings (SSSR count). The molecule has 2 N–H and O–H groups in total. The molecule has 164 valence electrons. The fourth-order valence-electron chi connectivity index (χ4n) is 2.76. The van der Waals surface area contributed by atoms with Crippen LogP contribution in [0, 0.1) is 15.9 Å². The zero-order chi connectivity index (χ0) is 23.5. The van der Waals surface area contributed by atoms with E-state index >= 15 is 0 Å². The minimum Gasteiger partial charge on any atom is -0.322 e. The summed E-state index contributed by atoms with van der Waals surface area (Å²) in [5, 5.41) is 15.1. The fraction of sp³-hybridized carbons (Fsp3) is 0.0476. The van der Waals surface area contributed by atoms with Crippen molar-refractivity contribution >= 4 is 28.9 Å². The first-order valence-corrected chi connectivity index (χ1v) is 8.89. The van der Waals surface area contributed by atoms with E-state index in [1.54, 1.807) is 0 Å². The van der Waals surface area contributed by atoms with Gasteiger partial charge in [0, 0.05) is 23.4 Å². The van der Waals surface area contributed by atoms with Crippen molar-refractivity contribution < 1.29 is 32.1 Å². The molecule has 3 aromatic rings. The number of nitrogens with one attached hydrogen (secondary N) is 2. The van der Waals surface area contributed by atoms with E-state index in [1.165, 1.54) is 30.3 Å². The Bertz CT molecular complexity index is 1210. The van der Waals surface area contributed by atoms with Gasteiger partial charge >= 0.3 is 6.18 Å². The fourth-order valence-corrected chi connectivity index (χ4v) is 2.76. The molecule has 0 aromatic heterocycles. The van der Waals surface area contributed by atoms with Crippen LogP contribution in [0.15, 0.2) is 66.7 Å². The molecule has 0 bridgehead atoms. The largest absolute Gasteiger partial charge is 0.418 e. The summed E-state index contributed by atoms with van der Waals surface area (Å²) < 4.78 is 54.4. The van der Waals surface area contributed by atoms with Gasteiger partial charge in [0.15, 0.2) is 0 Å². The third-order valence-corrected chi connectivity index (χ3v) is 4.27. The number of benzene rings is 3. The van der Waals surface area contributed by atoms with Crippen LogP contribution in [-0.4, -0.2) is 16.7 Å². The average molecular weight is 447 g/mol. The molecule has 0 aliphatic rings. The summed E-state index contributed by atoms with van der Waals surface area (Å²) in [4.78, 5) is 34.6. The molecular weight excluding hydrogens is 434 g/mol. The van der Waals surface area contributed by atoms with Crippen molar-refractivity contribution in [1.29, 1.82) is 0 Å².